The SMILES string of the molecule is CN(CC(O)C(O)C(O)C(O)CO)C(=O)Cc1ccc(-n2cc(CN(Cc3ccccn3)Cc3ccccn3)nn2)cc1.CN(CC(O)C(O)C(O)C(O)CO)C(=O)Cc1ccc(NC(=O)CN(CCN(Cc2ccccn2)Cc2ccccn2)Cc2ccccn2)cc1.CN(CC(O)C(O)C(O)C(O)CO)C(=O)c1ccc(CN(Cc2ccccn2)Cc2ccccn2)nc1. The van der Waals surface area contributed by atoms with E-state index in [2.05, 4.69) is 70.2 Å². The van der Waals surface area contributed by atoms with Crippen molar-refractivity contribution in [2.45, 2.75) is 145 Å². The number of pyridine rings is 8. The van der Waals surface area contributed by atoms with Gasteiger partial charge < -0.3 is 96.6 Å². The van der Waals surface area contributed by atoms with Crippen molar-refractivity contribution >= 4 is 29.3 Å². The number of nitrogens with zero attached hydrogens (tertiary/aromatic N) is 18. The first kappa shape index (κ1) is 103. The van der Waals surface area contributed by atoms with Gasteiger partial charge in [-0.05, 0) is 132 Å². The topological polar surface area (TPSA) is 540 Å². The molecular formula is C93H117N19O19. The van der Waals surface area contributed by atoms with E-state index in [0.717, 1.165) is 62.5 Å². The summed E-state index contributed by atoms with van der Waals surface area (Å²) in [6.45, 7) is 3.22. The van der Waals surface area contributed by atoms with Gasteiger partial charge >= 0.3 is 0 Å². The molecule has 0 fully saturated rings. The molecule has 0 aliphatic rings. The largest absolute Gasteiger partial charge is 0.394 e. The van der Waals surface area contributed by atoms with Crippen molar-refractivity contribution in [2.75, 3.05) is 85.5 Å². The average Bonchev–Trinajstić information content (AvgIpc) is 1.55. The van der Waals surface area contributed by atoms with Gasteiger partial charge in [0, 0.05) is 168 Å². The average molecular weight is 1810 g/mol. The number of carbonyl (C=O) groups is 4. The van der Waals surface area contributed by atoms with Crippen LogP contribution in [0.25, 0.3) is 5.69 Å². The lowest BCUT2D eigenvalue weighted by atomic mass is 10.0. The smallest absolute Gasteiger partial charge is 0.255 e. The fourth-order valence-corrected chi connectivity index (χ4v) is 13.5. The molecule has 0 saturated heterocycles. The molecule has 0 aliphatic heterocycles. The van der Waals surface area contributed by atoms with E-state index in [1.807, 2.05) is 151 Å². The molecule has 16 N–H and O–H groups in total. The summed E-state index contributed by atoms with van der Waals surface area (Å²) in [7, 11) is 4.33. The molecule has 0 radical (unpaired) electrons. The maximum absolute atomic E-state index is 13.3. The second kappa shape index (κ2) is 53.9. The van der Waals surface area contributed by atoms with E-state index in [9.17, 15) is 80.5 Å². The van der Waals surface area contributed by atoms with Gasteiger partial charge in [-0.2, -0.15) is 0 Å². The zero-order chi connectivity index (χ0) is 94.1. The van der Waals surface area contributed by atoms with Crippen molar-refractivity contribution in [3.05, 3.63) is 312 Å². The Morgan fingerprint density at radius 2 is 0.641 bits per heavy atom. The van der Waals surface area contributed by atoms with Crippen LogP contribution in [0.3, 0.4) is 0 Å². The fourth-order valence-electron chi connectivity index (χ4n) is 13.5. The highest BCUT2D eigenvalue weighted by atomic mass is 16.4. The van der Waals surface area contributed by atoms with Crippen LogP contribution in [0.1, 0.15) is 72.7 Å². The first-order chi connectivity index (χ1) is 63.1. The fraction of sp³-hybridized carbons (Fsp3) is 0.376. The zero-order valence-corrected chi connectivity index (χ0v) is 73.1. The molecule has 12 atom stereocenters. The standard InChI is InChI=1S/C37H47N7O7.C30H37N7O6.C26H33N5O6/c1-42(24-32(46)36(50)37(51)33(47)26-45)35(49)20-27-11-13-28(14-12-27)41-34(48)25-44(23-31-10-4-7-17-40-31)19-18-43(21-29-8-2-5-15-38-29)22-30-9-3-6-16-39-30;1-35(19-26(39)29(42)30(43)27(40)20-38)28(41)14-21-8-10-25(11-9-21)37-18-24(33-34-37)17-36(15-22-6-2-4-12-31-22)16-23-7-3-5-13-32-23;1-30(16-22(33)24(35)25(36)23(34)17-32)26(37)18-8-9-21(29-12-18)15-31(13-19-6-2-4-10-27-19)14-20-7-3-5-11-28-20/h2-17,32-33,36-37,45-47,50-51H,18-26H2,1H3,(H,41,48);2-13,18,26-27,29-30,38-40,42-43H,14-17,19-20H2,1H3;2-12,22-25,32-36H,13-17H2,1H3. The first-order valence-electron chi connectivity index (χ1n) is 42.4. The molecule has 698 valence electrons. The Labute approximate surface area is 758 Å². The second-order valence-electron chi connectivity index (χ2n) is 31.5. The van der Waals surface area contributed by atoms with E-state index >= 15 is 0 Å². The molecule has 38 nitrogen and oxygen atoms in total. The number of rotatable bonds is 48. The summed E-state index contributed by atoms with van der Waals surface area (Å²) >= 11 is 0. The van der Waals surface area contributed by atoms with E-state index in [4.69, 9.17) is 15.3 Å². The number of amides is 4. The maximum Gasteiger partial charge on any atom is 0.255 e. The third-order valence-electron chi connectivity index (χ3n) is 21.0. The lowest BCUT2D eigenvalue weighted by molar-refractivity contribution is -0.137. The predicted octanol–water partition coefficient (Wildman–Crippen LogP) is -0.270. The number of anilines is 1. The molecule has 0 aliphatic carbocycles. The zero-order valence-electron chi connectivity index (χ0n) is 73.1. The Hall–Kier alpha value is -12.1. The van der Waals surface area contributed by atoms with Gasteiger partial charge in [0.2, 0.25) is 17.7 Å². The number of benzene rings is 2. The Morgan fingerprint density at radius 1 is 0.336 bits per heavy atom. The van der Waals surface area contributed by atoms with Crippen molar-refractivity contribution in [2.24, 2.45) is 0 Å². The molecule has 0 bridgehead atoms. The number of aliphatic hydroxyl groups is 15. The summed E-state index contributed by atoms with van der Waals surface area (Å²) in [6.07, 6.45) is -4.35. The first-order valence-corrected chi connectivity index (χ1v) is 42.4. The monoisotopic (exact) mass is 1800 g/mol. The molecule has 0 spiro atoms. The van der Waals surface area contributed by atoms with Gasteiger partial charge in [0.05, 0.1) is 108 Å². The van der Waals surface area contributed by atoms with Crippen LogP contribution >= 0.6 is 0 Å². The number of aromatic nitrogens is 11. The van der Waals surface area contributed by atoms with E-state index in [1.165, 1.54) is 42.0 Å². The molecule has 0 saturated carbocycles. The summed E-state index contributed by atoms with van der Waals surface area (Å²) in [5, 5.41) is 157. The summed E-state index contributed by atoms with van der Waals surface area (Å²) < 4.78 is 1.66. The Kier molecular flexibility index (Phi) is 42.2. The van der Waals surface area contributed by atoms with Gasteiger partial charge in [-0.1, -0.05) is 71.9 Å². The second-order valence-corrected chi connectivity index (χ2v) is 31.5. The van der Waals surface area contributed by atoms with Crippen LogP contribution in [0.2, 0.25) is 0 Å². The Bertz CT molecular complexity index is 4980. The molecule has 11 aromatic rings. The quantitative estimate of drug-likeness (QED) is 0.0233. The van der Waals surface area contributed by atoms with Crippen molar-refractivity contribution in [3.8, 4) is 5.69 Å². The highest BCUT2D eigenvalue weighted by molar-refractivity contribution is 5.94. The van der Waals surface area contributed by atoms with Crippen LogP contribution in [-0.4, -0.2) is 343 Å². The van der Waals surface area contributed by atoms with Gasteiger partial charge in [0.25, 0.3) is 5.91 Å². The van der Waals surface area contributed by atoms with Crippen LogP contribution in [-0.2, 0) is 86.1 Å². The molecule has 131 heavy (non-hydrogen) atoms. The molecule has 38 heteroatoms. The van der Waals surface area contributed by atoms with Crippen molar-refractivity contribution < 1.29 is 95.8 Å². The van der Waals surface area contributed by atoms with Gasteiger partial charge in [0.1, 0.15) is 73.2 Å². The highest BCUT2D eigenvalue weighted by Gasteiger charge is 2.35. The van der Waals surface area contributed by atoms with Crippen LogP contribution in [0.5, 0.6) is 0 Å². The normalized spacial score (nSPS) is 14.2. The molecule has 9 aromatic heterocycles. The van der Waals surface area contributed by atoms with Crippen molar-refractivity contribution in [1.29, 1.82) is 0 Å². The number of nitrogens with one attached hydrogen (secondary N) is 1. The van der Waals surface area contributed by atoms with Crippen LogP contribution in [0.15, 0.2) is 244 Å². The summed E-state index contributed by atoms with van der Waals surface area (Å²) in [4.78, 5) is 99.4. The maximum atomic E-state index is 13.3. The van der Waals surface area contributed by atoms with E-state index < -0.39 is 99.0 Å². The molecule has 2 aromatic carbocycles. The number of hydrogen-bond acceptors (Lipinski definition) is 33. The molecular weight excluding hydrogens is 1690 g/mol. The predicted molar refractivity (Wildman–Crippen MR) is 479 cm³/mol. The minimum absolute atomic E-state index is 0.0132. The number of aliphatic hydroxyl groups excluding tert-OH is 15. The molecule has 12 unspecified atom stereocenters. The van der Waals surface area contributed by atoms with Crippen LogP contribution < -0.4 is 5.32 Å². The highest BCUT2D eigenvalue weighted by Crippen LogP contribution is 2.21. The lowest BCUT2D eigenvalue weighted by Crippen LogP contribution is -2.50. The number of likely N-dealkylation sites (N-methyl/N-ethyl adjacent to an activating group) is 3. The van der Waals surface area contributed by atoms with Crippen LogP contribution in [0, 0.1) is 0 Å². The van der Waals surface area contributed by atoms with Gasteiger partial charge in [-0.3, -0.25) is 78.6 Å². The lowest BCUT2D eigenvalue weighted by Gasteiger charge is -2.28. The minimum atomic E-state index is -1.78. The Balaban J connectivity index is 0.000000224. The third kappa shape index (κ3) is 34.6. The van der Waals surface area contributed by atoms with E-state index in [-0.39, 0.29) is 62.3 Å². The summed E-state index contributed by atoms with van der Waals surface area (Å²) in [6, 6.07) is 58.0. The van der Waals surface area contributed by atoms with Crippen molar-refractivity contribution in [3.63, 3.8) is 0 Å². The van der Waals surface area contributed by atoms with Gasteiger partial charge in [-0.15, -0.1) is 5.10 Å². The van der Waals surface area contributed by atoms with Crippen LogP contribution in [0.4, 0.5) is 5.69 Å². The van der Waals surface area contributed by atoms with E-state index in [0.29, 0.717) is 83.2 Å². The Morgan fingerprint density at radius 3 is 0.969 bits per heavy atom. The van der Waals surface area contributed by atoms with Gasteiger partial charge in [0.15, 0.2) is 0 Å². The van der Waals surface area contributed by atoms with E-state index in [1.54, 1.807) is 96.6 Å². The molecule has 11 rings (SSSR count). The summed E-state index contributed by atoms with van der Waals surface area (Å²) in [5.74, 6) is -1.33. The van der Waals surface area contributed by atoms with Crippen molar-refractivity contribution in [1.82, 2.24) is 89.2 Å². The summed E-state index contributed by atoms with van der Waals surface area (Å²) in [5.41, 5.74) is 10.9. The number of hydrogen-bond donors (Lipinski definition) is 16. The number of carbonyl (C=O) groups excluding carboxylic acids is 4. The van der Waals surface area contributed by atoms with Gasteiger partial charge in [-0.25, -0.2) is 4.68 Å². The molecule has 9 heterocycles. The third-order valence-corrected chi connectivity index (χ3v) is 21.0. The minimum Gasteiger partial charge on any atom is -0.394 e. The molecule has 4 amide bonds.